The fraction of sp³-hybridized carbons (Fsp3) is 0.516. The highest BCUT2D eigenvalue weighted by Gasteiger charge is 2.43. The Morgan fingerprint density at radius 1 is 1.18 bits per heavy atom. The molecule has 0 radical (unpaired) electrons. The van der Waals surface area contributed by atoms with Crippen LogP contribution in [0.3, 0.4) is 0 Å². The van der Waals surface area contributed by atoms with E-state index >= 15 is 0 Å². The second kappa shape index (κ2) is 10.4. The number of fused-ring (bicyclic) bond motifs is 3. The third kappa shape index (κ3) is 4.73. The van der Waals surface area contributed by atoms with E-state index in [9.17, 15) is 5.26 Å². The van der Waals surface area contributed by atoms with Crippen LogP contribution in [0.2, 0.25) is 0 Å². The first kappa shape index (κ1) is 24.8. The molecule has 0 spiro atoms. The van der Waals surface area contributed by atoms with Gasteiger partial charge in [0.25, 0.3) is 0 Å². The molecule has 8 nitrogen and oxygen atoms in total. The number of benzene rings is 1. The van der Waals surface area contributed by atoms with Crippen LogP contribution in [0.25, 0.3) is 10.9 Å². The van der Waals surface area contributed by atoms with E-state index in [1.165, 1.54) is 16.9 Å². The van der Waals surface area contributed by atoms with Gasteiger partial charge >= 0.3 is 0 Å². The molecule has 1 aliphatic carbocycles. The zero-order valence-corrected chi connectivity index (χ0v) is 22.6. The maximum absolute atomic E-state index is 9.57. The molecule has 3 fully saturated rings. The third-order valence-corrected chi connectivity index (χ3v) is 9.01. The fourth-order valence-corrected chi connectivity index (χ4v) is 7.32. The van der Waals surface area contributed by atoms with Crippen molar-refractivity contribution in [2.24, 2.45) is 5.92 Å². The summed E-state index contributed by atoms with van der Waals surface area (Å²) in [6, 6.07) is 13.1. The smallest absolute Gasteiger partial charge is 0.101 e. The Bertz CT molecular complexity index is 1410. The molecule has 1 unspecified atom stereocenters. The van der Waals surface area contributed by atoms with Crippen molar-refractivity contribution in [3.63, 3.8) is 0 Å². The van der Waals surface area contributed by atoms with Gasteiger partial charge in [0.05, 0.1) is 59.6 Å². The molecule has 1 N–H and O–H groups in total. The van der Waals surface area contributed by atoms with Gasteiger partial charge in [0.15, 0.2) is 0 Å². The predicted molar refractivity (Wildman–Crippen MR) is 151 cm³/mol. The van der Waals surface area contributed by atoms with Crippen LogP contribution in [0, 0.1) is 17.2 Å². The van der Waals surface area contributed by atoms with Gasteiger partial charge in [0, 0.05) is 43.4 Å². The highest BCUT2D eigenvalue weighted by atomic mass is 16.5. The largest absolute Gasteiger partial charge is 0.374 e. The number of nitrogens with one attached hydrogen (secondary N) is 1. The molecular formula is C31H36N6O2. The summed E-state index contributed by atoms with van der Waals surface area (Å²) < 4.78 is 12.8. The summed E-state index contributed by atoms with van der Waals surface area (Å²) in [4.78, 5) is 14.3. The van der Waals surface area contributed by atoms with E-state index in [4.69, 9.17) is 14.5 Å². The van der Waals surface area contributed by atoms with Crippen LogP contribution >= 0.6 is 0 Å². The van der Waals surface area contributed by atoms with Crippen LogP contribution in [0.5, 0.6) is 0 Å². The van der Waals surface area contributed by atoms with Crippen LogP contribution in [0.15, 0.2) is 42.7 Å². The summed E-state index contributed by atoms with van der Waals surface area (Å²) in [5.74, 6) is 0.562. The topological polar surface area (TPSA) is 86.5 Å². The third-order valence-electron chi connectivity index (χ3n) is 9.01. The van der Waals surface area contributed by atoms with Crippen molar-refractivity contribution >= 4 is 22.3 Å². The average molecular weight is 525 g/mol. The van der Waals surface area contributed by atoms with E-state index in [2.05, 4.69) is 57.5 Å². The molecule has 5 heterocycles. The van der Waals surface area contributed by atoms with Gasteiger partial charge in [-0.05, 0) is 81.0 Å². The van der Waals surface area contributed by atoms with E-state index in [1.54, 1.807) is 6.20 Å². The first-order valence-corrected chi connectivity index (χ1v) is 14.4. The molecular weight excluding hydrogens is 488 g/mol. The van der Waals surface area contributed by atoms with Gasteiger partial charge in [-0.15, -0.1) is 0 Å². The van der Waals surface area contributed by atoms with Crippen molar-refractivity contribution in [2.75, 3.05) is 42.6 Å². The minimum atomic E-state index is 0.138. The van der Waals surface area contributed by atoms with Gasteiger partial charge in [0.2, 0.25) is 0 Å². The lowest BCUT2D eigenvalue weighted by molar-refractivity contribution is -0.0285. The Kier molecular flexibility index (Phi) is 6.59. The minimum Gasteiger partial charge on any atom is -0.374 e. The summed E-state index contributed by atoms with van der Waals surface area (Å²) in [6.45, 7) is 7.45. The highest BCUT2D eigenvalue weighted by Crippen LogP contribution is 2.40. The molecule has 3 aliphatic heterocycles. The number of ether oxygens (including phenoxy) is 2. The van der Waals surface area contributed by atoms with Gasteiger partial charge < -0.3 is 24.6 Å². The van der Waals surface area contributed by atoms with Gasteiger partial charge in [-0.1, -0.05) is 0 Å². The number of hydrogen-bond donors (Lipinski definition) is 1. The number of pyridine rings is 2. The standard InChI is InChI=1S/C31H36N6O2/c1-20-18-36(28-5-4-23(15-32)31-26(28)3-2-7-34-31)19-25(39-20)11-21-12-29-30(13-21)38-10-9-37(29)24-14-22-6-8-33-17-27(22)35-16-24/h2-5,7,14,16,20-21,25,29-30,33H,6,8-13,17-19H2,1H3/t20-,21?,25+,29-,30-/m1/s1. The van der Waals surface area contributed by atoms with Crippen molar-refractivity contribution in [3.05, 3.63) is 59.5 Å². The molecule has 3 aromatic rings. The van der Waals surface area contributed by atoms with E-state index in [0.29, 0.717) is 17.5 Å². The molecule has 0 bridgehead atoms. The normalized spacial score (nSPS) is 28.7. The summed E-state index contributed by atoms with van der Waals surface area (Å²) >= 11 is 0. The van der Waals surface area contributed by atoms with Crippen LogP contribution in [-0.2, 0) is 22.4 Å². The molecule has 1 saturated carbocycles. The number of hydrogen-bond acceptors (Lipinski definition) is 8. The molecule has 8 heteroatoms. The number of anilines is 2. The second-order valence-electron chi connectivity index (χ2n) is 11.6. The lowest BCUT2D eigenvalue weighted by Gasteiger charge is -2.40. The van der Waals surface area contributed by atoms with Crippen molar-refractivity contribution in [2.45, 2.75) is 63.5 Å². The number of morpholine rings is 2. The summed E-state index contributed by atoms with van der Waals surface area (Å²) in [6.07, 6.45) is 8.70. The SMILES string of the molecule is C[C@@H]1CN(c2ccc(C#N)c3ncccc23)C[C@H](CC2C[C@@H]3[C@@H](C2)OCCN3c2cnc3c(c2)CCNC3)O1. The monoisotopic (exact) mass is 524 g/mol. The van der Waals surface area contributed by atoms with Gasteiger partial charge in [0.1, 0.15) is 6.07 Å². The van der Waals surface area contributed by atoms with Crippen LogP contribution in [-0.4, -0.2) is 67.1 Å². The molecule has 39 heavy (non-hydrogen) atoms. The number of aromatic nitrogens is 2. The molecule has 4 aliphatic rings. The van der Waals surface area contributed by atoms with Crippen molar-refractivity contribution in [1.82, 2.24) is 15.3 Å². The first-order chi connectivity index (χ1) is 19.2. The fourth-order valence-electron chi connectivity index (χ4n) is 7.32. The lowest BCUT2D eigenvalue weighted by atomic mass is 9.97. The van der Waals surface area contributed by atoms with E-state index in [1.807, 2.05) is 12.1 Å². The zero-order chi connectivity index (χ0) is 26.3. The van der Waals surface area contributed by atoms with Crippen LogP contribution in [0.4, 0.5) is 11.4 Å². The summed E-state index contributed by atoms with van der Waals surface area (Å²) in [5, 5.41) is 14.0. The molecule has 5 atom stereocenters. The van der Waals surface area contributed by atoms with E-state index in [0.717, 1.165) is 81.6 Å². The number of nitriles is 1. The maximum Gasteiger partial charge on any atom is 0.101 e. The average Bonchev–Trinajstić information content (AvgIpc) is 3.38. The Morgan fingerprint density at radius 2 is 2.13 bits per heavy atom. The molecule has 2 aromatic heterocycles. The minimum absolute atomic E-state index is 0.138. The number of rotatable bonds is 4. The summed E-state index contributed by atoms with van der Waals surface area (Å²) in [5.41, 5.74) is 6.37. The van der Waals surface area contributed by atoms with Crippen molar-refractivity contribution in [1.29, 1.82) is 5.26 Å². The Morgan fingerprint density at radius 3 is 3.05 bits per heavy atom. The molecule has 0 amide bonds. The van der Waals surface area contributed by atoms with E-state index < -0.39 is 0 Å². The quantitative estimate of drug-likeness (QED) is 0.552. The Hall–Kier alpha value is -3.25. The van der Waals surface area contributed by atoms with Crippen LogP contribution in [0.1, 0.15) is 43.0 Å². The lowest BCUT2D eigenvalue weighted by Crippen LogP contribution is -2.48. The maximum atomic E-state index is 9.57. The van der Waals surface area contributed by atoms with Gasteiger partial charge in [-0.2, -0.15) is 5.26 Å². The number of nitrogens with zero attached hydrogens (tertiary/aromatic N) is 5. The Balaban J connectivity index is 1.07. The van der Waals surface area contributed by atoms with Gasteiger partial charge in [-0.25, -0.2) is 0 Å². The van der Waals surface area contributed by atoms with Gasteiger partial charge in [-0.3, -0.25) is 9.97 Å². The van der Waals surface area contributed by atoms with Crippen molar-refractivity contribution in [3.8, 4) is 6.07 Å². The van der Waals surface area contributed by atoms with Crippen LogP contribution < -0.4 is 15.1 Å². The molecule has 7 rings (SSSR count). The Labute approximate surface area is 229 Å². The highest BCUT2D eigenvalue weighted by molar-refractivity contribution is 5.95. The predicted octanol–water partition coefficient (Wildman–Crippen LogP) is 3.81. The molecule has 202 valence electrons. The van der Waals surface area contributed by atoms with Crippen molar-refractivity contribution < 1.29 is 9.47 Å². The summed E-state index contributed by atoms with van der Waals surface area (Å²) in [7, 11) is 0. The molecule has 2 saturated heterocycles. The zero-order valence-electron chi connectivity index (χ0n) is 22.6. The first-order valence-electron chi connectivity index (χ1n) is 14.4. The molecule has 1 aromatic carbocycles. The van der Waals surface area contributed by atoms with E-state index in [-0.39, 0.29) is 18.3 Å². The second-order valence-corrected chi connectivity index (χ2v) is 11.6.